The fourth-order valence-corrected chi connectivity index (χ4v) is 3.09. The highest BCUT2D eigenvalue weighted by molar-refractivity contribution is 7.13. The van der Waals surface area contributed by atoms with Gasteiger partial charge < -0.3 is 15.2 Å². The number of hydrogen-bond acceptors (Lipinski definition) is 4. The molecule has 1 aliphatic heterocycles. The van der Waals surface area contributed by atoms with E-state index in [9.17, 15) is 9.90 Å². The van der Waals surface area contributed by atoms with Crippen molar-refractivity contribution >= 4 is 28.8 Å². The molecule has 1 aliphatic rings. The third kappa shape index (κ3) is 2.54. The minimum absolute atomic E-state index is 0.181. The van der Waals surface area contributed by atoms with Crippen molar-refractivity contribution in [3.05, 3.63) is 20.8 Å². The van der Waals surface area contributed by atoms with E-state index in [1.807, 2.05) is 12.3 Å². The lowest BCUT2D eigenvalue weighted by Crippen LogP contribution is -2.47. The molecule has 0 saturated carbocycles. The van der Waals surface area contributed by atoms with E-state index in [-0.39, 0.29) is 18.6 Å². The summed E-state index contributed by atoms with van der Waals surface area (Å²) in [5, 5.41) is 15.3. The summed E-state index contributed by atoms with van der Waals surface area (Å²) in [5.41, 5.74) is -0.0860. The van der Waals surface area contributed by atoms with Crippen LogP contribution in [0.5, 0.6) is 0 Å². The molecule has 2 N–H and O–H groups in total. The van der Waals surface area contributed by atoms with Crippen molar-refractivity contribution in [2.75, 3.05) is 13.2 Å². The fraction of sp³-hybridized carbons (Fsp3) is 0.583. The molecule has 0 aromatic carbocycles. The Morgan fingerprint density at radius 3 is 3.00 bits per heavy atom. The van der Waals surface area contributed by atoms with Gasteiger partial charge in [0.1, 0.15) is 10.5 Å². The maximum atomic E-state index is 11.9. The molecule has 2 rings (SSSR count). The smallest absolute Gasteiger partial charge is 0.262 e. The highest BCUT2D eigenvalue weighted by Crippen LogP contribution is 2.28. The standard InChI is InChI=1S/C12H16ClNO3S/c1-7-5-18-10(9(7)13)11(15)14-6-12(16)3-4-17-8(12)2/h5,8,16H,3-4,6H2,1-2H3,(H,14,15). The van der Waals surface area contributed by atoms with Gasteiger partial charge in [-0.25, -0.2) is 0 Å². The van der Waals surface area contributed by atoms with E-state index in [1.54, 1.807) is 6.92 Å². The highest BCUT2D eigenvalue weighted by atomic mass is 35.5. The number of amides is 1. The monoisotopic (exact) mass is 289 g/mol. The Morgan fingerprint density at radius 1 is 1.78 bits per heavy atom. The molecular formula is C12H16ClNO3S. The van der Waals surface area contributed by atoms with E-state index in [0.29, 0.717) is 22.9 Å². The number of thiophene rings is 1. The number of ether oxygens (including phenoxy) is 1. The van der Waals surface area contributed by atoms with Crippen LogP contribution in [-0.2, 0) is 4.74 Å². The van der Waals surface area contributed by atoms with Crippen molar-refractivity contribution in [3.63, 3.8) is 0 Å². The van der Waals surface area contributed by atoms with E-state index < -0.39 is 5.60 Å². The van der Waals surface area contributed by atoms with Crippen molar-refractivity contribution in [2.45, 2.75) is 32.0 Å². The van der Waals surface area contributed by atoms with Crippen molar-refractivity contribution in [3.8, 4) is 0 Å². The van der Waals surface area contributed by atoms with Crippen LogP contribution < -0.4 is 5.32 Å². The minimum Gasteiger partial charge on any atom is -0.385 e. The number of nitrogens with one attached hydrogen (secondary N) is 1. The lowest BCUT2D eigenvalue weighted by Gasteiger charge is -2.25. The molecule has 2 heterocycles. The lowest BCUT2D eigenvalue weighted by molar-refractivity contribution is -0.0251. The number of carbonyl (C=O) groups excluding carboxylic acids is 1. The first kappa shape index (κ1) is 13.8. The second kappa shape index (κ2) is 5.17. The predicted molar refractivity (Wildman–Crippen MR) is 71.4 cm³/mol. The molecule has 1 amide bonds. The lowest BCUT2D eigenvalue weighted by atomic mass is 9.97. The van der Waals surface area contributed by atoms with Crippen LogP contribution in [0.1, 0.15) is 28.6 Å². The van der Waals surface area contributed by atoms with E-state index in [4.69, 9.17) is 16.3 Å². The van der Waals surface area contributed by atoms with Gasteiger partial charge in [0, 0.05) is 19.6 Å². The number of carbonyl (C=O) groups is 1. The first-order valence-electron chi connectivity index (χ1n) is 5.80. The van der Waals surface area contributed by atoms with E-state index in [1.165, 1.54) is 11.3 Å². The van der Waals surface area contributed by atoms with Gasteiger partial charge in [-0.3, -0.25) is 4.79 Å². The van der Waals surface area contributed by atoms with Gasteiger partial charge in [-0.15, -0.1) is 11.3 Å². The number of aliphatic hydroxyl groups is 1. The molecule has 0 bridgehead atoms. The zero-order valence-electron chi connectivity index (χ0n) is 10.3. The summed E-state index contributed by atoms with van der Waals surface area (Å²) >= 11 is 7.33. The van der Waals surface area contributed by atoms with Crippen LogP contribution in [0.4, 0.5) is 0 Å². The quantitative estimate of drug-likeness (QED) is 0.894. The minimum atomic E-state index is -0.978. The second-order valence-electron chi connectivity index (χ2n) is 4.61. The molecule has 6 heteroatoms. The van der Waals surface area contributed by atoms with Crippen LogP contribution in [-0.4, -0.2) is 35.9 Å². The largest absolute Gasteiger partial charge is 0.385 e. The normalized spacial score (nSPS) is 27.4. The average Bonchev–Trinajstić information content (AvgIpc) is 2.83. The van der Waals surface area contributed by atoms with Gasteiger partial charge in [0.2, 0.25) is 0 Å². The molecule has 0 spiro atoms. The van der Waals surface area contributed by atoms with Crippen LogP contribution in [0, 0.1) is 6.92 Å². The number of hydrogen-bond donors (Lipinski definition) is 2. The van der Waals surface area contributed by atoms with E-state index in [0.717, 1.165) is 5.56 Å². The predicted octanol–water partition coefficient (Wildman–Crippen LogP) is 1.98. The Morgan fingerprint density at radius 2 is 2.50 bits per heavy atom. The molecule has 1 saturated heterocycles. The fourth-order valence-electron chi connectivity index (χ4n) is 1.90. The summed E-state index contributed by atoms with van der Waals surface area (Å²) in [6.45, 7) is 4.37. The zero-order valence-corrected chi connectivity index (χ0v) is 11.9. The van der Waals surface area contributed by atoms with Crippen LogP contribution in [0.3, 0.4) is 0 Å². The van der Waals surface area contributed by atoms with Crippen molar-refractivity contribution < 1.29 is 14.6 Å². The molecule has 4 nitrogen and oxygen atoms in total. The summed E-state index contributed by atoms with van der Waals surface area (Å²) in [4.78, 5) is 12.4. The summed E-state index contributed by atoms with van der Waals surface area (Å²) in [7, 11) is 0. The molecule has 1 fully saturated rings. The van der Waals surface area contributed by atoms with Gasteiger partial charge >= 0.3 is 0 Å². The third-order valence-electron chi connectivity index (χ3n) is 3.32. The Kier molecular flexibility index (Phi) is 3.96. The first-order valence-corrected chi connectivity index (χ1v) is 7.05. The summed E-state index contributed by atoms with van der Waals surface area (Å²) in [6, 6.07) is 0. The van der Waals surface area contributed by atoms with Gasteiger partial charge in [0.15, 0.2) is 0 Å². The Balaban J connectivity index is 1.99. The topological polar surface area (TPSA) is 58.6 Å². The van der Waals surface area contributed by atoms with Crippen LogP contribution in [0.15, 0.2) is 5.38 Å². The molecule has 100 valence electrons. The second-order valence-corrected chi connectivity index (χ2v) is 5.87. The maximum absolute atomic E-state index is 11.9. The van der Waals surface area contributed by atoms with Gasteiger partial charge in [0.05, 0.1) is 11.1 Å². The summed E-state index contributed by atoms with van der Waals surface area (Å²) in [6.07, 6.45) is 0.268. The van der Waals surface area contributed by atoms with Crippen molar-refractivity contribution in [2.24, 2.45) is 0 Å². The van der Waals surface area contributed by atoms with Gasteiger partial charge in [0.25, 0.3) is 5.91 Å². The molecule has 0 aliphatic carbocycles. The molecule has 2 unspecified atom stereocenters. The molecule has 1 aromatic heterocycles. The molecule has 0 radical (unpaired) electrons. The van der Waals surface area contributed by atoms with Crippen LogP contribution in [0.2, 0.25) is 5.02 Å². The Hall–Kier alpha value is -0.620. The number of rotatable bonds is 3. The van der Waals surface area contributed by atoms with Crippen LogP contribution in [0.25, 0.3) is 0 Å². The number of aryl methyl sites for hydroxylation is 1. The van der Waals surface area contributed by atoms with Crippen molar-refractivity contribution in [1.82, 2.24) is 5.32 Å². The highest BCUT2D eigenvalue weighted by Gasteiger charge is 2.39. The first-order chi connectivity index (χ1) is 8.44. The molecule has 2 atom stereocenters. The summed E-state index contributed by atoms with van der Waals surface area (Å²) < 4.78 is 5.31. The molecule has 18 heavy (non-hydrogen) atoms. The van der Waals surface area contributed by atoms with Gasteiger partial charge in [-0.05, 0) is 24.8 Å². The van der Waals surface area contributed by atoms with Crippen LogP contribution >= 0.6 is 22.9 Å². The van der Waals surface area contributed by atoms with E-state index >= 15 is 0 Å². The SMILES string of the molecule is Cc1csc(C(=O)NCC2(O)CCOC2C)c1Cl. The number of halogens is 1. The molecular weight excluding hydrogens is 274 g/mol. The van der Waals surface area contributed by atoms with Gasteiger partial charge in [-0.2, -0.15) is 0 Å². The Labute approximate surface area is 115 Å². The third-order valence-corrected chi connectivity index (χ3v) is 5.02. The summed E-state index contributed by atoms with van der Waals surface area (Å²) in [5.74, 6) is -0.245. The maximum Gasteiger partial charge on any atom is 0.262 e. The zero-order chi connectivity index (χ0) is 13.3. The average molecular weight is 290 g/mol. The Bertz CT molecular complexity index is 462. The van der Waals surface area contributed by atoms with Gasteiger partial charge in [-0.1, -0.05) is 11.6 Å². The molecule has 1 aromatic rings. The van der Waals surface area contributed by atoms with E-state index in [2.05, 4.69) is 5.32 Å². The van der Waals surface area contributed by atoms with Crippen molar-refractivity contribution in [1.29, 1.82) is 0 Å².